The standard InChI is InChI=1S/C23H37NO4Si/c1-8-27-21(25)14-19-17(2)22(26)24(15-18-12-10-9-11-13-18)20(19)16-28-29(6,7)23(3,4)5/h9-13,17,19-20H,8,14-16H2,1-7H3/t17-,19+,20-/m1/s1. The van der Waals surface area contributed by atoms with Crippen LogP contribution in [0.3, 0.4) is 0 Å². The molecule has 1 aliphatic rings. The number of hydrogen-bond donors (Lipinski definition) is 0. The second-order valence-electron chi connectivity index (χ2n) is 9.55. The maximum atomic E-state index is 13.1. The lowest BCUT2D eigenvalue weighted by Gasteiger charge is -2.39. The van der Waals surface area contributed by atoms with Crippen LogP contribution in [0.4, 0.5) is 0 Å². The Balaban J connectivity index is 2.26. The van der Waals surface area contributed by atoms with E-state index in [2.05, 4.69) is 33.9 Å². The molecule has 0 saturated carbocycles. The number of ether oxygens (including phenoxy) is 1. The Morgan fingerprint density at radius 1 is 1.17 bits per heavy atom. The summed E-state index contributed by atoms with van der Waals surface area (Å²) in [6.07, 6.45) is 0.248. The van der Waals surface area contributed by atoms with Crippen molar-refractivity contribution >= 4 is 20.2 Å². The minimum atomic E-state index is -1.98. The van der Waals surface area contributed by atoms with Gasteiger partial charge in [0.15, 0.2) is 8.32 Å². The monoisotopic (exact) mass is 419 g/mol. The molecule has 29 heavy (non-hydrogen) atoms. The van der Waals surface area contributed by atoms with Crippen molar-refractivity contribution in [1.29, 1.82) is 0 Å². The SMILES string of the molecule is CCOC(=O)C[C@@H]1[C@@H](CO[Si](C)(C)C(C)(C)C)N(Cc2ccccc2)C(=O)[C@@H]1C. The molecule has 0 unspecified atom stereocenters. The molecule has 162 valence electrons. The maximum absolute atomic E-state index is 13.1. The summed E-state index contributed by atoms with van der Waals surface area (Å²) in [5, 5.41) is 0.0854. The predicted molar refractivity (Wildman–Crippen MR) is 118 cm³/mol. The molecule has 1 amide bonds. The van der Waals surface area contributed by atoms with Crippen molar-refractivity contribution in [2.24, 2.45) is 11.8 Å². The summed E-state index contributed by atoms with van der Waals surface area (Å²) >= 11 is 0. The number of nitrogens with zero attached hydrogens (tertiary/aromatic N) is 1. The van der Waals surface area contributed by atoms with E-state index < -0.39 is 8.32 Å². The van der Waals surface area contributed by atoms with Gasteiger partial charge < -0.3 is 14.1 Å². The maximum Gasteiger partial charge on any atom is 0.306 e. The van der Waals surface area contributed by atoms with Crippen LogP contribution in [0.5, 0.6) is 0 Å². The largest absolute Gasteiger partial charge is 0.466 e. The lowest BCUT2D eigenvalue weighted by Crippen LogP contribution is -2.46. The van der Waals surface area contributed by atoms with E-state index in [1.54, 1.807) is 6.92 Å². The number of esters is 1. The van der Waals surface area contributed by atoms with E-state index in [1.807, 2.05) is 42.2 Å². The van der Waals surface area contributed by atoms with Crippen LogP contribution in [-0.2, 0) is 25.3 Å². The highest BCUT2D eigenvalue weighted by atomic mass is 28.4. The molecule has 0 N–H and O–H groups in total. The van der Waals surface area contributed by atoms with Crippen molar-refractivity contribution in [2.75, 3.05) is 13.2 Å². The summed E-state index contributed by atoms with van der Waals surface area (Å²) in [5.74, 6) is -0.478. The van der Waals surface area contributed by atoms with Crippen LogP contribution in [0.25, 0.3) is 0 Å². The Hall–Kier alpha value is -1.66. The third-order valence-corrected chi connectivity index (χ3v) is 11.0. The average molecular weight is 420 g/mol. The van der Waals surface area contributed by atoms with E-state index in [0.717, 1.165) is 5.56 Å². The third-order valence-electron chi connectivity index (χ3n) is 6.53. The smallest absolute Gasteiger partial charge is 0.306 e. The second kappa shape index (κ2) is 9.43. The fourth-order valence-electron chi connectivity index (χ4n) is 3.60. The molecule has 3 atom stereocenters. The lowest BCUT2D eigenvalue weighted by molar-refractivity contribution is -0.144. The van der Waals surface area contributed by atoms with Gasteiger partial charge in [0.25, 0.3) is 0 Å². The number of hydrogen-bond acceptors (Lipinski definition) is 4. The molecule has 1 saturated heterocycles. The summed E-state index contributed by atoms with van der Waals surface area (Å²) in [5.41, 5.74) is 1.09. The highest BCUT2D eigenvalue weighted by Crippen LogP contribution is 2.39. The Bertz CT molecular complexity index is 699. The summed E-state index contributed by atoms with van der Waals surface area (Å²) in [6, 6.07) is 9.87. The van der Waals surface area contributed by atoms with Gasteiger partial charge in [-0.25, -0.2) is 0 Å². The molecule has 0 radical (unpaired) electrons. The molecule has 0 bridgehead atoms. The van der Waals surface area contributed by atoms with Crippen molar-refractivity contribution in [3.8, 4) is 0 Å². The summed E-state index contributed by atoms with van der Waals surface area (Å²) in [4.78, 5) is 27.3. The minimum absolute atomic E-state index is 0.0854. The van der Waals surface area contributed by atoms with Crippen molar-refractivity contribution in [3.05, 3.63) is 35.9 Å². The third kappa shape index (κ3) is 5.69. The molecule has 1 aromatic carbocycles. The molecule has 2 rings (SSSR count). The molecule has 0 aliphatic carbocycles. The Labute approximate surface area is 176 Å². The summed E-state index contributed by atoms with van der Waals surface area (Å²) in [7, 11) is -1.98. The van der Waals surface area contributed by atoms with E-state index in [1.165, 1.54) is 0 Å². The first-order valence-electron chi connectivity index (χ1n) is 10.6. The van der Waals surface area contributed by atoms with Crippen molar-refractivity contribution in [3.63, 3.8) is 0 Å². The van der Waals surface area contributed by atoms with Gasteiger partial charge in [-0.2, -0.15) is 0 Å². The van der Waals surface area contributed by atoms with Crippen LogP contribution in [0.1, 0.15) is 46.6 Å². The average Bonchev–Trinajstić information content (AvgIpc) is 2.85. The van der Waals surface area contributed by atoms with Crippen molar-refractivity contribution in [1.82, 2.24) is 4.90 Å². The van der Waals surface area contributed by atoms with E-state index in [9.17, 15) is 9.59 Å². The summed E-state index contributed by atoms with van der Waals surface area (Å²) in [6.45, 7) is 16.1. The first kappa shape index (κ1) is 23.6. The van der Waals surface area contributed by atoms with Crippen LogP contribution in [0, 0.1) is 11.8 Å². The van der Waals surface area contributed by atoms with E-state index >= 15 is 0 Å². The van der Waals surface area contributed by atoms with Crippen LogP contribution in [0.2, 0.25) is 18.1 Å². The molecule has 5 nitrogen and oxygen atoms in total. The number of amides is 1. The predicted octanol–water partition coefficient (Wildman–Crippen LogP) is 4.62. The quantitative estimate of drug-likeness (QED) is 0.455. The van der Waals surface area contributed by atoms with E-state index in [-0.39, 0.29) is 41.2 Å². The van der Waals surface area contributed by atoms with Gasteiger partial charge in [-0.3, -0.25) is 9.59 Å². The molecule has 1 aliphatic heterocycles. The van der Waals surface area contributed by atoms with Gasteiger partial charge in [-0.15, -0.1) is 0 Å². The molecule has 1 fully saturated rings. The number of benzene rings is 1. The zero-order chi connectivity index (χ0) is 21.8. The zero-order valence-corrected chi connectivity index (χ0v) is 20.0. The van der Waals surface area contributed by atoms with Gasteiger partial charge in [0, 0.05) is 18.4 Å². The number of carbonyl (C=O) groups is 2. The second-order valence-corrected chi connectivity index (χ2v) is 14.4. The van der Waals surface area contributed by atoms with E-state index in [4.69, 9.17) is 9.16 Å². The minimum Gasteiger partial charge on any atom is -0.466 e. The fraction of sp³-hybridized carbons (Fsp3) is 0.652. The molecular formula is C23H37NO4Si. The molecule has 0 aromatic heterocycles. The highest BCUT2D eigenvalue weighted by Gasteiger charge is 2.48. The fourth-order valence-corrected chi connectivity index (χ4v) is 4.62. The van der Waals surface area contributed by atoms with Crippen molar-refractivity contribution < 1.29 is 18.8 Å². The number of carbonyl (C=O) groups excluding carboxylic acids is 2. The van der Waals surface area contributed by atoms with Crippen LogP contribution in [0.15, 0.2) is 30.3 Å². The number of likely N-dealkylation sites (tertiary alicyclic amines) is 1. The summed E-state index contributed by atoms with van der Waals surface area (Å²) < 4.78 is 11.7. The van der Waals surface area contributed by atoms with Gasteiger partial charge in [0.1, 0.15) is 0 Å². The molecule has 0 spiro atoms. The van der Waals surface area contributed by atoms with Gasteiger partial charge in [-0.1, -0.05) is 58.0 Å². The Morgan fingerprint density at radius 3 is 2.34 bits per heavy atom. The first-order valence-corrected chi connectivity index (χ1v) is 13.5. The normalized spacial score (nSPS) is 22.8. The van der Waals surface area contributed by atoms with Crippen LogP contribution in [-0.4, -0.2) is 44.3 Å². The molecular weight excluding hydrogens is 382 g/mol. The van der Waals surface area contributed by atoms with Crippen LogP contribution < -0.4 is 0 Å². The van der Waals surface area contributed by atoms with Crippen LogP contribution >= 0.6 is 0 Å². The molecule has 1 aromatic rings. The topological polar surface area (TPSA) is 55.8 Å². The van der Waals surface area contributed by atoms with Gasteiger partial charge in [0.2, 0.25) is 5.91 Å². The molecule has 1 heterocycles. The highest BCUT2D eigenvalue weighted by molar-refractivity contribution is 6.74. The first-order chi connectivity index (χ1) is 13.5. The lowest BCUT2D eigenvalue weighted by atomic mass is 9.89. The molecule has 6 heteroatoms. The zero-order valence-electron chi connectivity index (χ0n) is 19.0. The van der Waals surface area contributed by atoms with Gasteiger partial charge in [-0.05, 0) is 30.6 Å². The van der Waals surface area contributed by atoms with E-state index in [0.29, 0.717) is 19.8 Å². The van der Waals surface area contributed by atoms with Gasteiger partial charge in [0.05, 0.1) is 25.7 Å². The Kier molecular flexibility index (Phi) is 7.68. The Morgan fingerprint density at radius 2 is 1.79 bits per heavy atom. The van der Waals surface area contributed by atoms with Crippen molar-refractivity contribution in [2.45, 2.75) is 71.8 Å². The number of rotatable bonds is 8. The van der Waals surface area contributed by atoms with Gasteiger partial charge >= 0.3 is 5.97 Å².